The van der Waals surface area contributed by atoms with Crippen LogP contribution in [0.25, 0.3) is 0 Å². The molecule has 1 amide bonds. The van der Waals surface area contributed by atoms with Crippen LogP contribution < -0.4 is 10.1 Å². The van der Waals surface area contributed by atoms with Gasteiger partial charge in [0.15, 0.2) is 0 Å². The molecule has 3 aromatic carbocycles. The predicted molar refractivity (Wildman–Crippen MR) is 125 cm³/mol. The Labute approximate surface area is 187 Å². The second-order valence-electron chi connectivity index (χ2n) is 7.19. The topological polar surface area (TPSA) is 65.4 Å². The van der Waals surface area contributed by atoms with Crippen molar-refractivity contribution in [3.63, 3.8) is 0 Å². The number of nitriles is 1. The predicted octanol–water partition coefficient (Wildman–Crippen LogP) is 5.29. The summed E-state index contributed by atoms with van der Waals surface area (Å²) in [4.78, 5) is 16.7. The van der Waals surface area contributed by atoms with E-state index in [1.54, 1.807) is 12.1 Å². The first-order valence-corrected chi connectivity index (χ1v) is 10.8. The van der Waals surface area contributed by atoms with E-state index in [9.17, 15) is 10.1 Å². The average molecular weight is 432 g/mol. The van der Waals surface area contributed by atoms with Crippen molar-refractivity contribution in [2.75, 3.05) is 32.6 Å². The van der Waals surface area contributed by atoms with Crippen LogP contribution in [0.5, 0.6) is 5.75 Å². The third kappa shape index (κ3) is 6.61. The highest BCUT2D eigenvalue weighted by Crippen LogP contribution is 2.33. The van der Waals surface area contributed by atoms with Gasteiger partial charge in [0.2, 0.25) is 0 Å². The maximum atomic E-state index is 12.9. The van der Waals surface area contributed by atoms with Crippen LogP contribution in [0.15, 0.2) is 82.6 Å². The highest BCUT2D eigenvalue weighted by atomic mass is 32.2. The van der Waals surface area contributed by atoms with Crippen molar-refractivity contribution in [1.82, 2.24) is 4.90 Å². The van der Waals surface area contributed by atoms with Crippen molar-refractivity contribution in [3.8, 4) is 11.8 Å². The van der Waals surface area contributed by atoms with Gasteiger partial charge in [-0.15, -0.1) is 0 Å². The number of rotatable bonds is 9. The number of benzene rings is 3. The summed E-state index contributed by atoms with van der Waals surface area (Å²) in [7, 11) is 4.08. The number of nitrogens with one attached hydrogen (secondary N) is 1. The molecular formula is C25H25N3O2S. The minimum Gasteiger partial charge on any atom is -0.494 e. The molecule has 0 aromatic heterocycles. The fourth-order valence-electron chi connectivity index (χ4n) is 2.91. The molecule has 0 radical (unpaired) electrons. The maximum Gasteiger partial charge on any atom is 0.256 e. The molecule has 0 heterocycles. The van der Waals surface area contributed by atoms with Crippen LogP contribution in [-0.2, 0) is 0 Å². The van der Waals surface area contributed by atoms with E-state index in [0.717, 1.165) is 28.5 Å². The maximum absolute atomic E-state index is 12.9. The Hall–Kier alpha value is -3.27. The molecule has 0 bridgehead atoms. The molecule has 0 atom stereocenters. The van der Waals surface area contributed by atoms with Crippen molar-refractivity contribution in [3.05, 3.63) is 83.9 Å². The molecular weight excluding hydrogens is 406 g/mol. The van der Waals surface area contributed by atoms with Crippen LogP contribution >= 0.6 is 11.8 Å². The zero-order chi connectivity index (χ0) is 22.1. The first-order valence-electron chi connectivity index (χ1n) is 10.0. The second kappa shape index (κ2) is 11.2. The van der Waals surface area contributed by atoms with Gasteiger partial charge in [0.1, 0.15) is 11.8 Å². The second-order valence-corrected chi connectivity index (χ2v) is 8.27. The van der Waals surface area contributed by atoms with Crippen LogP contribution in [0.4, 0.5) is 5.69 Å². The molecule has 3 aromatic rings. The van der Waals surface area contributed by atoms with E-state index in [4.69, 9.17) is 4.74 Å². The summed E-state index contributed by atoms with van der Waals surface area (Å²) < 4.78 is 5.74. The molecule has 0 unspecified atom stereocenters. The Morgan fingerprint density at radius 2 is 1.68 bits per heavy atom. The quantitative estimate of drug-likeness (QED) is 0.466. The summed E-state index contributed by atoms with van der Waals surface area (Å²) in [6.07, 6.45) is 0.953. The first kappa shape index (κ1) is 22.4. The lowest BCUT2D eigenvalue weighted by molar-refractivity contribution is 0.102. The molecule has 0 spiro atoms. The van der Waals surface area contributed by atoms with Crippen molar-refractivity contribution < 1.29 is 9.53 Å². The highest BCUT2D eigenvalue weighted by Gasteiger charge is 2.14. The Balaban J connectivity index is 1.65. The number of hydrogen-bond acceptors (Lipinski definition) is 5. The van der Waals surface area contributed by atoms with E-state index in [0.29, 0.717) is 23.4 Å². The number of amides is 1. The van der Waals surface area contributed by atoms with E-state index >= 15 is 0 Å². The SMILES string of the molecule is CN(C)CCCOc1ccc(NC(=O)c2ccccc2Sc2ccccc2C#N)cc1. The number of ether oxygens (including phenoxy) is 1. The van der Waals surface area contributed by atoms with Crippen LogP contribution in [-0.4, -0.2) is 38.1 Å². The molecule has 31 heavy (non-hydrogen) atoms. The zero-order valence-electron chi connectivity index (χ0n) is 17.7. The summed E-state index contributed by atoms with van der Waals surface area (Å²) in [6, 6.07) is 24.3. The van der Waals surface area contributed by atoms with Crippen LogP contribution in [0.2, 0.25) is 0 Å². The Bertz CT molecular complexity index is 1060. The molecule has 5 nitrogen and oxygen atoms in total. The summed E-state index contributed by atoms with van der Waals surface area (Å²) >= 11 is 1.41. The summed E-state index contributed by atoms with van der Waals surface area (Å²) in [5.74, 6) is 0.581. The standard InChI is InChI=1S/C25H25N3O2S/c1-28(2)16-7-17-30-21-14-12-20(13-15-21)27-25(29)22-9-4-6-11-24(22)31-23-10-5-3-8-19(23)18-26/h3-6,8-15H,7,16-17H2,1-2H3,(H,27,29). The van der Waals surface area contributed by atoms with E-state index in [2.05, 4.69) is 16.3 Å². The summed E-state index contributed by atoms with van der Waals surface area (Å²) in [5, 5.41) is 12.3. The Morgan fingerprint density at radius 3 is 2.39 bits per heavy atom. The van der Waals surface area contributed by atoms with Gasteiger partial charge in [0, 0.05) is 22.0 Å². The van der Waals surface area contributed by atoms with E-state index < -0.39 is 0 Å². The van der Waals surface area contributed by atoms with Gasteiger partial charge in [-0.3, -0.25) is 4.79 Å². The third-order valence-corrected chi connectivity index (χ3v) is 5.64. The molecule has 3 rings (SSSR count). The molecule has 0 fully saturated rings. The van der Waals surface area contributed by atoms with Gasteiger partial charge in [0.05, 0.1) is 17.7 Å². The van der Waals surface area contributed by atoms with Gasteiger partial charge in [0.25, 0.3) is 5.91 Å². The monoisotopic (exact) mass is 431 g/mol. The molecule has 6 heteroatoms. The van der Waals surface area contributed by atoms with Gasteiger partial charge in [-0.1, -0.05) is 36.0 Å². The molecule has 0 saturated heterocycles. The minimum atomic E-state index is -0.197. The average Bonchev–Trinajstić information content (AvgIpc) is 2.78. The van der Waals surface area contributed by atoms with Crippen molar-refractivity contribution in [2.24, 2.45) is 0 Å². The van der Waals surface area contributed by atoms with Crippen LogP contribution in [0.3, 0.4) is 0 Å². The third-order valence-electron chi connectivity index (χ3n) is 4.49. The lowest BCUT2D eigenvalue weighted by atomic mass is 10.2. The fraction of sp³-hybridized carbons (Fsp3) is 0.200. The number of anilines is 1. The van der Waals surface area contributed by atoms with Crippen LogP contribution in [0, 0.1) is 11.3 Å². The molecule has 0 saturated carbocycles. The van der Waals surface area contributed by atoms with Gasteiger partial charge in [-0.25, -0.2) is 0 Å². The summed E-state index contributed by atoms with van der Waals surface area (Å²) in [6.45, 7) is 1.63. The molecule has 158 valence electrons. The van der Waals surface area contributed by atoms with Crippen LogP contribution in [0.1, 0.15) is 22.3 Å². The minimum absolute atomic E-state index is 0.197. The van der Waals surface area contributed by atoms with Crippen molar-refractivity contribution in [1.29, 1.82) is 5.26 Å². The zero-order valence-corrected chi connectivity index (χ0v) is 18.5. The lowest BCUT2D eigenvalue weighted by Crippen LogP contribution is -2.15. The largest absolute Gasteiger partial charge is 0.494 e. The lowest BCUT2D eigenvalue weighted by Gasteiger charge is -2.12. The molecule has 0 aliphatic rings. The Morgan fingerprint density at radius 1 is 1.00 bits per heavy atom. The van der Waals surface area contributed by atoms with E-state index in [-0.39, 0.29) is 5.91 Å². The normalized spacial score (nSPS) is 10.5. The first-order chi connectivity index (χ1) is 15.1. The number of carbonyl (C=O) groups excluding carboxylic acids is 1. The molecule has 0 aliphatic carbocycles. The van der Waals surface area contributed by atoms with Gasteiger partial charge in [-0.2, -0.15) is 5.26 Å². The smallest absolute Gasteiger partial charge is 0.256 e. The Kier molecular flexibility index (Phi) is 8.11. The number of nitrogens with zero attached hydrogens (tertiary/aromatic N) is 2. The fourth-order valence-corrected chi connectivity index (χ4v) is 3.94. The molecule has 0 aliphatic heterocycles. The van der Waals surface area contributed by atoms with E-state index in [1.165, 1.54) is 11.8 Å². The van der Waals surface area contributed by atoms with Crippen molar-refractivity contribution in [2.45, 2.75) is 16.2 Å². The van der Waals surface area contributed by atoms with Gasteiger partial charge >= 0.3 is 0 Å². The van der Waals surface area contributed by atoms with Crippen molar-refractivity contribution >= 4 is 23.4 Å². The van der Waals surface area contributed by atoms with Gasteiger partial charge in [-0.05, 0) is 69.0 Å². The summed E-state index contributed by atoms with van der Waals surface area (Å²) in [5.41, 5.74) is 1.84. The molecule has 1 N–H and O–H groups in total. The number of carbonyl (C=O) groups is 1. The number of hydrogen-bond donors (Lipinski definition) is 1. The van der Waals surface area contributed by atoms with Gasteiger partial charge < -0.3 is 15.0 Å². The highest BCUT2D eigenvalue weighted by molar-refractivity contribution is 7.99. The van der Waals surface area contributed by atoms with E-state index in [1.807, 2.05) is 74.8 Å².